The average molecular weight is 207 g/mol. The first-order valence-electron chi connectivity index (χ1n) is 4.63. The molecular formula is C11H13NOS. The molecule has 1 heterocycles. The van der Waals surface area contributed by atoms with Crippen molar-refractivity contribution in [1.82, 2.24) is 0 Å². The number of aryl methyl sites for hydroxylation is 1. The molecule has 0 aliphatic carbocycles. The molecule has 0 atom stereocenters. The predicted octanol–water partition coefficient (Wildman–Crippen LogP) is 3.19. The molecule has 2 aromatic rings. The van der Waals surface area contributed by atoms with Crippen molar-refractivity contribution in [2.75, 3.05) is 12.3 Å². The number of benzene rings is 1. The molecule has 14 heavy (non-hydrogen) atoms. The third-order valence-electron chi connectivity index (χ3n) is 2.07. The molecule has 3 heteroatoms. The Labute approximate surface area is 87.3 Å². The first-order valence-corrected chi connectivity index (χ1v) is 5.45. The zero-order chi connectivity index (χ0) is 10.1. The minimum Gasteiger partial charge on any atom is -0.492 e. The van der Waals surface area contributed by atoms with Crippen LogP contribution in [0.1, 0.15) is 11.8 Å². The predicted molar refractivity (Wildman–Crippen MR) is 62.1 cm³/mol. The fraction of sp³-hybridized carbons (Fsp3) is 0.273. The van der Waals surface area contributed by atoms with Gasteiger partial charge >= 0.3 is 0 Å². The molecule has 0 spiro atoms. The molecule has 1 aromatic carbocycles. The fourth-order valence-corrected chi connectivity index (χ4v) is 2.43. The van der Waals surface area contributed by atoms with Gasteiger partial charge < -0.3 is 10.5 Å². The number of thiophene rings is 1. The summed E-state index contributed by atoms with van der Waals surface area (Å²) in [5.41, 5.74) is 6.58. The molecule has 0 aliphatic rings. The molecule has 0 unspecified atom stereocenters. The smallest absolute Gasteiger partial charge is 0.143 e. The number of anilines is 1. The lowest BCUT2D eigenvalue weighted by molar-refractivity contribution is 0.342. The monoisotopic (exact) mass is 207 g/mol. The summed E-state index contributed by atoms with van der Waals surface area (Å²) in [6.45, 7) is 4.71. The van der Waals surface area contributed by atoms with Gasteiger partial charge in [0.1, 0.15) is 5.75 Å². The molecule has 0 saturated heterocycles. The van der Waals surface area contributed by atoms with Gasteiger partial charge in [-0.1, -0.05) is 0 Å². The molecule has 2 rings (SSSR count). The highest BCUT2D eigenvalue weighted by Crippen LogP contribution is 2.33. The highest BCUT2D eigenvalue weighted by molar-refractivity contribution is 7.19. The highest BCUT2D eigenvalue weighted by atomic mass is 32.1. The summed E-state index contributed by atoms with van der Waals surface area (Å²) >= 11 is 1.77. The number of rotatable bonds is 2. The van der Waals surface area contributed by atoms with Gasteiger partial charge in [-0.2, -0.15) is 0 Å². The lowest BCUT2D eigenvalue weighted by atomic mass is 10.2. The Bertz CT molecular complexity index is 462. The maximum absolute atomic E-state index is 5.86. The van der Waals surface area contributed by atoms with Crippen molar-refractivity contribution in [2.24, 2.45) is 0 Å². The van der Waals surface area contributed by atoms with E-state index in [2.05, 4.69) is 13.0 Å². The molecule has 0 amide bonds. The van der Waals surface area contributed by atoms with Crippen LogP contribution in [-0.4, -0.2) is 6.61 Å². The second-order valence-corrected chi connectivity index (χ2v) is 4.51. The molecule has 0 radical (unpaired) electrons. The molecular weight excluding hydrogens is 194 g/mol. The van der Waals surface area contributed by atoms with Gasteiger partial charge in [0.25, 0.3) is 0 Å². The van der Waals surface area contributed by atoms with Crippen molar-refractivity contribution in [3.8, 4) is 5.75 Å². The van der Waals surface area contributed by atoms with Crippen molar-refractivity contribution >= 4 is 27.1 Å². The number of hydrogen-bond donors (Lipinski definition) is 1. The van der Waals surface area contributed by atoms with Gasteiger partial charge in [-0.25, -0.2) is 0 Å². The third-order valence-corrected chi connectivity index (χ3v) is 3.09. The second-order valence-electron chi connectivity index (χ2n) is 3.22. The van der Waals surface area contributed by atoms with Crippen molar-refractivity contribution in [3.63, 3.8) is 0 Å². The number of nitrogen functional groups attached to an aromatic ring is 1. The lowest BCUT2D eigenvalue weighted by Crippen LogP contribution is -1.95. The Morgan fingerprint density at radius 2 is 2.14 bits per heavy atom. The number of ether oxygens (including phenoxy) is 1. The minimum atomic E-state index is 0.653. The Morgan fingerprint density at radius 1 is 1.36 bits per heavy atom. The van der Waals surface area contributed by atoms with Crippen LogP contribution in [0.3, 0.4) is 0 Å². The number of hydrogen-bond acceptors (Lipinski definition) is 3. The van der Waals surface area contributed by atoms with Crippen LogP contribution >= 0.6 is 11.3 Å². The van der Waals surface area contributed by atoms with Gasteiger partial charge in [0, 0.05) is 15.6 Å². The maximum atomic E-state index is 5.86. The van der Waals surface area contributed by atoms with Gasteiger partial charge in [0.2, 0.25) is 0 Å². The van der Waals surface area contributed by atoms with Gasteiger partial charge in [0.05, 0.1) is 12.3 Å². The lowest BCUT2D eigenvalue weighted by Gasteiger charge is -2.05. The van der Waals surface area contributed by atoms with E-state index < -0.39 is 0 Å². The zero-order valence-electron chi connectivity index (χ0n) is 8.33. The summed E-state index contributed by atoms with van der Waals surface area (Å²) in [5.74, 6) is 0.793. The first-order chi connectivity index (χ1) is 6.70. The van der Waals surface area contributed by atoms with E-state index in [-0.39, 0.29) is 0 Å². The third kappa shape index (κ3) is 1.55. The van der Waals surface area contributed by atoms with Crippen molar-refractivity contribution < 1.29 is 4.74 Å². The fourth-order valence-electron chi connectivity index (χ4n) is 1.50. The van der Waals surface area contributed by atoms with Crippen LogP contribution in [0, 0.1) is 6.92 Å². The average Bonchev–Trinajstić information content (AvgIpc) is 2.45. The van der Waals surface area contributed by atoms with Crippen molar-refractivity contribution in [3.05, 3.63) is 23.1 Å². The number of nitrogens with two attached hydrogens (primary N) is 1. The molecule has 2 nitrogen and oxygen atoms in total. The molecule has 2 N–H and O–H groups in total. The summed E-state index contributed by atoms with van der Waals surface area (Å²) in [5, 5.41) is 1.20. The van der Waals surface area contributed by atoms with Crippen LogP contribution < -0.4 is 10.5 Å². The van der Waals surface area contributed by atoms with Crippen molar-refractivity contribution in [1.29, 1.82) is 0 Å². The summed E-state index contributed by atoms with van der Waals surface area (Å²) in [7, 11) is 0. The Balaban J connectivity index is 2.58. The van der Waals surface area contributed by atoms with Gasteiger partial charge in [-0.3, -0.25) is 0 Å². The van der Waals surface area contributed by atoms with Crippen molar-refractivity contribution in [2.45, 2.75) is 13.8 Å². The quantitative estimate of drug-likeness (QED) is 0.767. The van der Waals surface area contributed by atoms with E-state index >= 15 is 0 Å². The SMILES string of the molecule is CCOc1cc2sc(C)cc2cc1N. The molecule has 74 valence electrons. The van der Waals surface area contributed by atoms with Gasteiger partial charge in [0.15, 0.2) is 0 Å². The zero-order valence-corrected chi connectivity index (χ0v) is 9.15. The molecule has 0 fully saturated rings. The van der Waals surface area contributed by atoms with Crippen LogP contribution in [0.4, 0.5) is 5.69 Å². The van der Waals surface area contributed by atoms with Gasteiger partial charge in [-0.05, 0) is 31.4 Å². The van der Waals surface area contributed by atoms with Crippen LogP contribution in [-0.2, 0) is 0 Å². The van der Waals surface area contributed by atoms with Crippen LogP contribution in [0.25, 0.3) is 10.1 Å². The Hall–Kier alpha value is -1.22. The van der Waals surface area contributed by atoms with Gasteiger partial charge in [-0.15, -0.1) is 11.3 Å². The number of fused-ring (bicyclic) bond motifs is 1. The molecule has 1 aromatic heterocycles. The van der Waals surface area contributed by atoms with E-state index in [0.717, 1.165) is 11.4 Å². The maximum Gasteiger partial charge on any atom is 0.143 e. The van der Waals surface area contributed by atoms with E-state index in [0.29, 0.717) is 6.61 Å². The summed E-state index contributed by atoms with van der Waals surface area (Å²) in [4.78, 5) is 1.30. The molecule has 0 saturated carbocycles. The Kier molecular flexibility index (Phi) is 2.33. The highest BCUT2D eigenvalue weighted by Gasteiger charge is 2.04. The summed E-state index contributed by atoms with van der Waals surface area (Å²) < 4.78 is 6.67. The van der Waals surface area contributed by atoms with E-state index in [9.17, 15) is 0 Å². The normalized spacial score (nSPS) is 10.7. The van der Waals surface area contributed by atoms with E-state index in [1.807, 2.05) is 19.1 Å². The van der Waals surface area contributed by atoms with E-state index in [1.165, 1.54) is 15.0 Å². The standard InChI is InChI=1S/C11H13NOS/c1-3-13-10-6-11-8(5-9(10)12)4-7(2)14-11/h4-6H,3,12H2,1-2H3. The summed E-state index contributed by atoms with van der Waals surface area (Å²) in [6, 6.07) is 6.14. The first kappa shape index (κ1) is 9.34. The molecule has 0 aliphatic heterocycles. The topological polar surface area (TPSA) is 35.2 Å². The second kappa shape index (κ2) is 3.50. The van der Waals surface area contributed by atoms with E-state index in [1.54, 1.807) is 11.3 Å². The van der Waals surface area contributed by atoms with Crippen LogP contribution in [0.2, 0.25) is 0 Å². The van der Waals surface area contributed by atoms with E-state index in [4.69, 9.17) is 10.5 Å². The molecule has 0 bridgehead atoms. The Morgan fingerprint density at radius 3 is 2.86 bits per heavy atom. The largest absolute Gasteiger partial charge is 0.492 e. The van der Waals surface area contributed by atoms with Crippen LogP contribution in [0.15, 0.2) is 18.2 Å². The summed E-state index contributed by atoms with van der Waals surface area (Å²) in [6.07, 6.45) is 0. The van der Waals surface area contributed by atoms with Crippen LogP contribution in [0.5, 0.6) is 5.75 Å². The minimum absolute atomic E-state index is 0.653.